The van der Waals surface area contributed by atoms with Crippen LogP contribution in [0.3, 0.4) is 0 Å². The zero-order valence-corrected chi connectivity index (χ0v) is 21.4. The van der Waals surface area contributed by atoms with Gasteiger partial charge in [0.2, 0.25) is 0 Å². The molecule has 0 aromatic heterocycles. The summed E-state index contributed by atoms with van der Waals surface area (Å²) >= 11 is 12.5. The largest absolute Gasteiger partial charge is 0.494 e. The van der Waals surface area contributed by atoms with E-state index in [9.17, 15) is 9.59 Å². The van der Waals surface area contributed by atoms with Gasteiger partial charge in [-0.2, -0.15) is 0 Å². The van der Waals surface area contributed by atoms with E-state index in [1.807, 2.05) is 36.4 Å². The molecule has 3 rings (SSSR count). The van der Waals surface area contributed by atoms with Crippen molar-refractivity contribution in [2.24, 2.45) is 0 Å². The van der Waals surface area contributed by atoms with E-state index in [0.29, 0.717) is 23.1 Å². The van der Waals surface area contributed by atoms with Gasteiger partial charge in [0, 0.05) is 39.3 Å². The highest BCUT2D eigenvalue weighted by Crippen LogP contribution is 2.33. The van der Waals surface area contributed by atoms with E-state index in [1.165, 1.54) is 6.08 Å². The molecule has 2 aromatic carbocycles. The lowest BCUT2D eigenvalue weighted by Gasteiger charge is -2.36. The fourth-order valence-electron chi connectivity index (χ4n) is 4.02. The Hall–Kier alpha value is -2.74. The molecule has 1 aliphatic rings. The van der Waals surface area contributed by atoms with E-state index in [-0.39, 0.29) is 6.73 Å². The van der Waals surface area contributed by atoms with Crippen LogP contribution in [0, 0.1) is 0 Å². The van der Waals surface area contributed by atoms with Crippen LogP contribution in [-0.2, 0) is 14.3 Å². The van der Waals surface area contributed by atoms with Crippen LogP contribution in [-0.4, -0.2) is 70.8 Å². The first-order chi connectivity index (χ1) is 17.0. The number of nitrogens with zero attached hydrogens (tertiary/aromatic N) is 3. The Morgan fingerprint density at radius 2 is 1.86 bits per heavy atom. The number of rotatable bonds is 13. The van der Waals surface area contributed by atoms with Crippen molar-refractivity contribution in [2.75, 3.05) is 62.9 Å². The third-order valence-corrected chi connectivity index (χ3v) is 6.69. The first-order valence-corrected chi connectivity index (χ1v) is 12.4. The molecule has 0 unspecified atom stereocenters. The number of allylic oxidation sites excluding steroid dienone is 1. The molecule has 0 spiro atoms. The number of benzene rings is 2. The molecule has 1 fully saturated rings. The van der Waals surface area contributed by atoms with Crippen LogP contribution in [0.2, 0.25) is 10.0 Å². The SMILES string of the molecule is CN(COC=O)c1cc(OCCCCN2CCN(c3cccc(Cl)c3Cl)CC2)ccc1/C=C\C=O. The number of piperazine rings is 1. The smallest absolute Gasteiger partial charge is 0.294 e. The Balaban J connectivity index is 1.43. The summed E-state index contributed by atoms with van der Waals surface area (Å²) in [6, 6.07) is 11.4. The minimum Gasteiger partial charge on any atom is -0.494 e. The van der Waals surface area contributed by atoms with E-state index in [1.54, 1.807) is 18.0 Å². The van der Waals surface area contributed by atoms with Crippen molar-refractivity contribution >= 4 is 53.4 Å². The summed E-state index contributed by atoms with van der Waals surface area (Å²) in [5.41, 5.74) is 2.64. The summed E-state index contributed by atoms with van der Waals surface area (Å²) in [5.74, 6) is 0.730. The van der Waals surface area contributed by atoms with Gasteiger partial charge in [-0.1, -0.05) is 29.3 Å². The molecule has 188 valence electrons. The summed E-state index contributed by atoms with van der Waals surface area (Å²) < 4.78 is 10.8. The molecule has 2 aromatic rings. The van der Waals surface area contributed by atoms with Gasteiger partial charge in [-0.3, -0.25) is 14.5 Å². The number of carbonyl (C=O) groups is 2. The zero-order valence-electron chi connectivity index (χ0n) is 19.9. The Morgan fingerprint density at radius 1 is 1.06 bits per heavy atom. The van der Waals surface area contributed by atoms with Gasteiger partial charge in [0.1, 0.15) is 12.0 Å². The van der Waals surface area contributed by atoms with Gasteiger partial charge in [-0.05, 0) is 61.4 Å². The molecule has 1 aliphatic heterocycles. The number of anilines is 2. The molecule has 1 saturated heterocycles. The molecule has 7 nitrogen and oxygen atoms in total. The summed E-state index contributed by atoms with van der Waals surface area (Å²) in [7, 11) is 1.81. The predicted octanol–water partition coefficient (Wildman–Crippen LogP) is 4.75. The summed E-state index contributed by atoms with van der Waals surface area (Å²) in [5, 5.41) is 1.21. The van der Waals surface area contributed by atoms with Crippen molar-refractivity contribution < 1.29 is 19.1 Å². The Kier molecular flexibility index (Phi) is 10.7. The molecule has 1 heterocycles. The van der Waals surface area contributed by atoms with Crippen LogP contribution < -0.4 is 14.5 Å². The Morgan fingerprint density at radius 3 is 2.60 bits per heavy atom. The number of hydrogen-bond acceptors (Lipinski definition) is 7. The van der Waals surface area contributed by atoms with Crippen LogP contribution in [0.5, 0.6) is 5.75 Å². The molecule has 0 bridgehead atoms. The first-order valence-electron chi connectivity index (χ1n) is 11.6. The second-order valence-electron chi connectivity index (χ2n) is 8.26. The minimum absolute atomic E-state index is 0.103. The molecule has 0 saturated carbocycles. The van der Waals surface area contributed by atoms with Gasteiger partial charge >= 0.3 is 0 Å². The molecule has 0 N–H and O–H groups in total. The molecule has 35 heavy (non-hydrogen) atoms. The Labute approximate surface area is 216 Å². The van der Waals surface area contributed by atoms with Crippen LogP contribution in [0.25, 0.3) is 6.08 Å². The second-order valence-corrected chi connectivity index (χ2v) is 9.05. The lowest BCUT2D eigenvalue weighted by Crippen LogP contribution is -2.46. The summed E-state index contributed by atoms with van der Waals surface area (Å²) in [6.45, 7) is 5.95. The lowest BCUT2D eigenvalue weighted by atomic mass is 10.1. The zero-order chi connectivity index (χ0) is 25.0. The topological polar surface area (TPSA) is 62.3 Å². The van der Waals surface area contributed by atoms with Crippen LogP contribution in [0.15, 0.2) is 42.5 Å². The molecule has 0 aliphatic carbocycles. The Bertz CT molecular complexity index is 1010. The van der Waals surface area contributed by atoms with Crippen molar-refractivity contribution in [2.45, 2.75) is 12.8 Å². The number of unbranched alkanes of at least 4 members (excludes halogenated alkanes) is 1. The summed E-state index contributed by atoms with van der Waals surface area (Å²) in [6.07, 6.45) is 5.84. The second kappa shape index (κ2) is 14.0. The van der Waals surface area contributed by atoms with E-state index in [2.05, 4.69) is 9.80 Å². The van der Waals surface area contributed by atoms with Crippen LogP contribution in [0.1, 0.15) is 18.4 Å². The lowest BCUT2D eigenvalue weighted by molar-refractivity contribution is -0.128. The number of hydrogen-bond donors (Lipinski definition) is 0. The molecule has 9 heteroatoms. The van der Waals surface area contributed by atoms with Crippen molar-refractivity contribution in [3.05, 3.63) is 58.1 Å². The quantitative estimate of drug-likeness (QED) is 0.164. The highest BCUT2D eigenvalue weighted by atomic mass is 35.5. The third kappa shape index (κ3) is 7.88. The maximum atomic E-state index is 10.7. The van der Waals surface area contributed by atoms with Gasteiger partial charge in [0.25, 0.3) is 6.47 Å². The van der Waals surface area contributed by atoms with E-state index < -0.39 is 0 Å². The third-order valence-electron chi connectivity index (χ3n) is 5.89. The number of ether oxygens (including phenoxy) is 2. The van der Waals surface area contributed by atoms with Gasteiger partial charge in [0.05, 0.1) is 28.0 Å². The van der Waals surface area contributed by atoms with Gasteiger partial charge < -0.3 is 19.3 Å². The van der Waals surface area contributed by atoms with E-state index in [4.69, 9.17) is 32.7 Å². The van der Waals surface area contributed by atoms with Gasteiger partial charge in [0.15, 0.2) is 6.73 Å². The van der Waals surface area contributed by atoms with Crippen molar-refractivity contribution in [1.82, 2.24) is 4.90 Å². The molecular formula is C26H31Cl2N3O4. The van der Waals surface area contributed by atoms with Gasteiger partial charge in [-0.15, -0.1) is 0 Å². The van der Waals surface area contributed by atoms with Crippen molar-refractivity contribution in [3.8, 4) is 5.75 Å². The fourth-order valence-corrected chi connectivity index (χ4v) is 4.43. The van der Waals surface area contributed by atoms with Crippen LogP contribution >= 0.6 is 23.2 Å². The average molecular weight is 520 g/mol. The van der Waals surface area contributed by atoms with Crippen molar-refractivity contribution in [1.29, 1.82) is 0 Å². The fraction of sp³-hybridized carbons (Fsp3) is 0.385. The number of carbonyl (C=O) groups excluding carboxylic acids is 2. The standard InChI is InChI=1S/C26H31Cl2N3O4/c1-29(19-34-20-33)25-18-22(10-9-21(25)6-5-16-32)35-17-3-2-11-30-12-14-31(15-13-30)24-8-4-7-23(27)26(24)28/h4-10,16,18,20H,2-3,11-15,17,19H2,1H3/b6-5-. The predicted molar refractivity (Wildman–Crippen MR) is 142 cm³/mol. The maximum absolute atomic E-state index is 10.7. The highest BCUT2D eigenvalue weighted by Gasteiger charge is 2.19. The first kappa shape index (κ1) is 26.9. The van der Waals surface area contributed by atoms with Crippen molar-refractivity contribution in [3.63, 3.8) is 0 Å². The monoisotopic (exact) mass is 519 g/mol. The molecule has 0 atom stereocenters. The minimum atomic E-state index is 0.103. The van der Waals surface area contributed by atoms with Crippen LogP contribution in [0.4, 0.5) is 11.4 Å². The highest BCUT2D eigenvalue weighted by molar-refractivity contribution is 6.43. The summed E-state index contributed by atoms with van der Waals surface area (Å²) in [4.78, 5) is 27.8. The molecular weight excluding hydrogens is 489 g/mol. The van der Waals surface area contributed by atoms with Gasteiger partial charge in [-0.25, -0.2) is 0 Å². The number of halogens is 2. The normalized spacial score (nSPS) is 14.2. The average Bonchev–Trinajstić information content (AvgIpc) is 2.88. The molecule has 0 radical (unpaired) electrons. The van der Waals surface area contributed by atoms with E-state index in [0.717, 1.165) is 74.5 Å². The number of aldehydes is 1. The maximum Gasteiger partial charge on any atom is 0.294 e. The molecule has 0 amide bonds. The van der Waals surface area contributed by atoms with E-state index >= 15 is 0 Å².